The number of thiophene rings is 1. The molecule has 0 radical (unpaired) electrons. The number of nitrogens with zero attached hydrogens (tertiary/aromatic N) is 4. The van der Waals surface area contributed by atoms with Crippen LogP contribution in [0.3, 0.4) is 0 Å². The third-order valence-corrected chi connectivity index (χ3v) is 8.40. The van der Waals surface area contributed by atoms with Gasteiger partial charge in [0.15, 0.2) is 5.82 Å². The molecule has 0 spiro atoms. The van der Waals surface area contributed by atoms with Gasteiger partial charge in [-0.3, -0.25) is 14.4 Å². The fourth-order valence-electron chi connectivity index (χ4n) is 4.36. The van der Waals surface area contributed by atoms with Gasteiger partial charge < -0.3 is 44.4 Å². The van der Waals surface area contributed by atoms with Crippen molar-refractivity contribution in [3.8, 4) is 0 Å². The Balaban J connectivity index is 0.000000398. The third kappa shape index (κ3) is 12.8. The molecule has 0 fully saturated rings. The molecular formula is C36H51N7O9S. The number of hydrogen-bond donors (Lipinski definition) is 3. The smallest absolute Gasteiger partial charge is 0.389 e. The lowest BCUT2D eigenvalue weighted by atomic mass is 10.0. The zero-order valence-electron chi connectivity index (χ0n) is 33.1. The van der Waals surface area contributed by atoms with E-state index in [1.165, 1.54) is 54.0 Å². The van der Waals surface area contributed by atoms with Crippen LogP contribution in [-0.2, 0) is 28.4 Å². The van der Waals surface area contributed by atoms with Crippen LogP contribution in [0.5, 0.6) is 0 Å². The van der Waals surface area contributed by atoms with Crippen LogP contribution in [0.25, 0.3) is 0 Å². The molecule has 2 heterocycles. The number of rotatable bonds is 6. The summed E-state index contributed by atoms with van der Waals surface area (Å²) in [5.74, 6) is -0.323. The number of hydrogen-bond acceptors (Lipinski definition) is 14. The monoisotopic (exact) mass is 757 g/mol. The Labute approximate surface area is 315 Å². The highest BCUT2D eigenvalue weighted by molar-refractivity contribution is 7.16. The van der Waals surface area contributed by atoms with Gasteiger partial charge in [-0.1, -0.05) is 6.07 Å². The molecule has 0 aliphatic carbocycles. The van der Waals surface area contributed by atoms with E-state index in [-0.39, 0.29) is 41.8 Å². The van der Waals surface area contributed by atoms with Crippen LogP contribution < -0.4 is 16.0 Å². The highest BCUT2D eigenvalue weighted by Crippen LogP contribution is 2.35. The lowest BCUT2D eigenvalue weighted by Gasteiger charge is -2.10. The second kappa shape index (κ2) is 22.3. The van der Waals surface area contributed by atoms with Gasteiger partial charge in [-0.2, -0.15) is 15.0 Å². The number of pyridine rings is 1. The van der Waals surface area contributed by atoms with E-state index in [1.54, 1.807) is 33.3 Å². The normalized spacial score (nSPS) is 9.64. The average molecular weight is 758 g/mol. The Hall–Kier alpha value is -5.71. The van der Waals surface area contributed by atoms with Gasteiger partial charge in [0.1, 0.15) is 5.00 Å². The van der Waals surface area contributed by atoms with Crippen molar-refractivity contribution in [3.05, 3.63) is 67.7 Å². The van der Waals surface area contributed by atoms with Crippen LogP contribution in [0.4, 0.5) is 16.5 Å². The van der Waals surface area contributed by atoms with Crippen LogP contribution >= 0.6 is 11.3 Å². The first kappa shape index (κ1) is 45.3. The molecule has 0 atom stereocenters. The number of aliphatic imine (C=N–C) groups is 3. The van der Waals surface area contributed by atoms with E-state index >= 15 is 0 Å². The highest BCUT2D eigenvalue weighted by Gasteiger charge is 2.19. The quantitative estimate of drug-likeness (QED) is 0.220. The molecule has 1 aromatic carbocycles. The van der Waals surface area contributed by atoms with Gasteiger partial charge in [-0.25, -0.2) is 4.98 Å². The maximum absolute atomic E-state index is 11.8. The fourth-order valence-corrected chi connectivity index (χ4v) is 5.37. The van der Waals surface area contributed by atoms with Crippen molar-refractivity contribution in [2.45, 2.75) is 41.5 Å². The molecule has 0 bridgehead atoms. The molecule has 0 aliphatic rings. The Bertz CT molecular complexity index is 1820. The van der Waals surface area contributed by atoms with Gasteiger partial charge in [-0.05, 0) is 75.9 Å². The second-order valence-corrected chi connectivity index (χ2v) is 12.0. The number of aryl methyl sites for hydroxylation is 5. The van der Waals surface area contributed by atoms with Crippen LogP contribution in [0.1, 0.15) is 63.9 Å². The summed E-state index contributed by atoms with van der Waals surface area (Å²) in [7, 11) is 13.5. The van der Waals surface area contributed by atoms with Gasteiger partial charge in [0, 0.05) is 31.7 Å². The number of carbonyl (C=O) groups is 3. The number of benzene rings is 1. The van der Waals surface area contributed by atoms with Crippen molar-refractivity contribution in [3.63, 3.8) is 0 Å². The van der Waals surface area contributed by atoms with Gasteiger partial charge in [0.25, 0.3) is 17.7 Å². The summed E-state index contributed by atoms with van der Waals surface area (Å²) in [5, 5.41) is 8.34. The van der Waals surface area contributed by atoms with E-state index in [2.05, 4.69) is 35.9 Å². The van der Waals surface area contributed by atoms with E-state index in [4.69, 9.17) is 28.4 Å². The number of carbonyl (C=O) groups excluding carboxylic acids is 3. The van der Waals surface area contributed by atoms with Crippen molar-refractivity contribution in [1.29, 1.82) is 0 Å². The molecule has 53 heavy (non-hydrogen) atoms. The van der Waals surface area contributed by atoms with E-state index in [9.17, 15) is 14.4 Å². The first-order chi connectivity index (χ1) is 25.1. The Kier molecular flexibility index (Phi) is 19.0. The summed E-state index contributed by atoms with van der Waals surface area (Å²) in [4.78, 5) is 53.1. The number of methoxy groups -OCH3 is 6. The molecule has 290 valence electrons. The first-order valence-corrected chi connectivity index (χ1v) is 16.8. The summed E-state index contributed by atoms with van der Waals surface area (Å²) in [6, 6.07) is 5.48. The van der Waals surface area contributed by atoms with E-state index in [0.717, 1.165) is 32.8 Å². The fraction of sp³-hybridized carbons (Fsp3) is 0.417. The molecular weight excluding hydrogens is 707 g/mol. The lowest BCUT2D eigenvalue weighted by molar-refractivity contribution is 0.0955. The van der Waals surface area contributed by atoms with Crippen molar-refractivity contribution in [2.24, 2.45) is 15.0 Å². The molecule has 0 aliphatic heterocycles. The Morgan fingerprint density at radius 3 is 1.57 bits per heavy atom. The number of amides is 3. The maximum Gasteiger partial charge on any atom is 0.389 e. The second-order valence-electron chi connectivity index (χ2n) is 10.8. The minimum absolute atomic E-state index is 0.0518. The molecule has 3 amide bonds. The summed E-state index contributed by atoms with van der Waals surface area (Å²) in [6.45, 7) is 11.4. The predicted molar refractivity (Wildman–Crippen MR) is 207 cm³/mol. The molecule has 3 N–H and O–H groups in total. The van der Waals surface area contributed by atoms with Crippen LogP contribution in [0, 0.1) is 41.5 Å². The van der Waals surface area contributed by atoms with E-state index < -0.39 is 0 Å². The molecule has 0 saturated carbocycles. The van der Waals surface area contributed by atoms with Crippen LogP contribution in [0.2, 0.25) is 0 Å². The van der Waals surface area contributed by atoms with E-state index in [1.807, 2.05) is 47.6 Å². The summed E-state index contributed by atoms with van der Waals surface area (Å²) in [6.07, 6.45) is 0.305. The molecule has 3 aromatic rings. The van der Waals surface area contributed by atoms with Gasteiger partial charge in [-0.15, -0.1) is 11.3 Å². The number of aromatic nitrogens is 1. The van der Waals surface area contributed by atoms with Crippen LogP contribution in [0.15, 0.2) is 33.2 Å². The highest BCUT2D eigenvalue weighted by atomic mass is 32.1. The standard InChI is InChI=1S/C13H18N2O3.C12H17N3O3.C11H16N2O3S/c1-8-6-9(2)11(15-13(17-4)18-5)10(7-8)12(16)14-3;1-7-6-9(11(16)13-3)10(14-8(7)2)15-12(17-4)18-5;1-6-7(2)17-10(8(6)9(14)12-3)13-11(15-4)16-5/h6-7H,1-5H3,(H,14,16);6H,1-5H3,(H,13,16);1-5H3,(H,12,14). The van der Waals surface area contributed by atoms with Gasteiger partial charge in [0.05, 0.1) is 65.0 Å². The topological polar surface area (TPSA) is 193 Å². The van der Waals surface area contributed by atoms with Crippen molar-refractivity contribution < 1.29 is 42.8 Å². The number of ether oxygens (including phenoxy) is 6. The summed E-state index contributed by atoms with van der Waals surface area (Å²) < 4.78 is 29.5. The van der Waals surface area contributed by atoms with Crippen molar-refractivity contribution >= 4 is 63.8 Å². The zero-order valence-corrected chi connectivity index (χ0v) is 33.9. The van der Waals surface area contributed by atoms with Crippen molar-refractivity contribution in [1.82, 2.24) is 20.9 Å². The minimum atomic E-state index is -0.254. The lowest BCUT2D eigenvalue weighted by Crippen LogP contribution is -2.19. The average Bonchev–Trinajstić information content (AvgIpc) is 3.44. The van der Waals surface area contributed by atoms with E-state index in [0.29, 0.717) is 27.4 Å². The summed E-state index contributed by atoms with van der Waals surface area (Å²) >= 11 is 1.44. The largest absolute Gasteiger partial charge is 0.454 e. The summed E-state index contributed by atoms with van der Waals surface area (Å²) in [5.41, 5.74) is 6.55. The molecule has 17 heteroatoms. The predicted octanol–water partition coefficient (Wildman–Crippen LogP) is 5.29. The molecule has 2 aromatic heterocycles. The van der Waals surface area contributed by atoms with Gasteiger partial charge >= 0.3 is 18.3 Å². The minimum Gasteiger partial charge on any atom is -0.454 e. The third-order valence-electron chi connectivity index (χ3n) is 7.30. The molecule has 0 unspecified atom stereocenters. The molecule has 3 rings (SSSR count). The van der Waals surface area contributed by atoms with Gasteiger partial charge in [0.2, 0.25) is 0 Å². The molecule has 16 nitrogen and oxygen atoms in total. The Morgan fingerprint density at radius 1 is 0.604 bits per heavy atom. The first-order valence-electron chi connectivity index (χ1n) is 16.0. The van der Waals surface area contributed by atoms with Crippen LogP contribution in [-0.4, -0.2) is 105 Å². The van der Waals surface area contributed by atoms with Crippen molar-refractivity contribution in [2.75, 3.05) is 63.8 Å². The molecule has 0 saturated heterocycles. The number of nitrogens with one attached hydrogen (secondary N) is 3. The SMILES string of the molecule is CNC(=O)c1c(N=C(OC)OC)sc(C)c1C.CNC(=O)c1cc(C)c(C)nc1N=C(OC)OC.CNC(=O)c1cc(C)cc(C)c1N=C(OC)OC. The zero-order chi connectivity index (χ0) is 40.4. The Morgan fingerprint density at radius 2 is 1.08 bits per heavy atom. The maximum atomic E-state index is 11.8.